The Hall–Kier alpha value is -1.12. The van der Waals surface area contributed by atoms with Crippen LogP contribution in [-0.4, -0.2) is 34.9 Å². The molecule has 0 heterocycles. The third-order valence-corrected chi connectivity index (χ3v) is 6.04. The first-order valence-corrected chi connectivity index (χ1v) is 9.66. The highest BCUT2D eigenvalue weighted by Gasteiger charge is 2.42. The van der Waals surface area contributed by atoms with E-state index in [9.17, 15) is 0 Å². The van der Waals surface area contributed by atoms with Crippen LogP contribution in [0.2, 0.25) is 6.04 Å². The Balaban J connectivity index is 2.73. The topological polar surface area (TPSA) is 89.0 Å². The molecule has 0 aromatic heterocycles. The quantitative estimate of drug-likeness (QED) is 0.368. The average Bonchev–Trinajstić information content (AvgIpc) is 2.45. The van der Waals surface area contributed by atoms with E-state index in [0.29, 0.717) is 37.2 Å². The highest BCUT2D eigenvalue weighted by atomic mass is 28.4. The van der Waals surface area contributed by atoms with Crippen molar-refractivity contribution in [3.63, 3.8) is 0 Å². The first-order valence-electron chi connectivity index (χ1n) is 7.73. The second-order valence-corrected chi connectivity index (χ2v) is 7.50. The van der Waals surface area contributed by atoms with Crippen LogP contribution < -0.4 is 16.2 Å². The van der Waals surface area contributed by atoms with Crippen LogP contribution in [0, 0.1) is 0 Å². The summed E-state index contributed by atoms with van der Waals surface area (Å²) in [6, 6.07) is 7.90. The van der Waals surface area contributed by atoms with Crippen molar-refractivity contribution in [1.82, 2.24) is 0 Å². The van der Waals surface area contributed by atoms with Gasteiger partial charge >= 0.3 is 8.80 Å². The molecule has 1 aromatic carbocycles. The zero-order valence-corrected chi connectivity index (χ0v) is 14.7. The van der Waals surface area contributed by atoms with Crippen LogP contribution in [-0.2, 0) is 13.3 Å². The fraction of sp³-hybridized carbons (Fsp3) is 0.600. The molecule has 0 aliphatic heterocycles. The summed E-state index contributed by atoms with van der Waals surface area (Å²) >= 11 is 0. The number of ether oxygens (including phenoxy) is 1. The lowest BCUT2D eigenvalue weighted by atomic mass is 10.3. The van der Waals surface area contributed by atoms with Gasteiger partial charge in [-0.25, -0.2) is 0 Å². The van der Waals surface area contributed by atoms with E-state index in [1.807, 2.05) is 32.9 Å². The first-order chi connectivity index (χ1) is 10.5. The summed E-state index contributed by atoms with van der Waals surface area (Å²) in [5.74, 6) is 0.655. The lowest BCUT2D eigenvalue weighted by Gasteiger charge is -2.31. The summed E-state index contributed by atoms with van der Waals surface area (Å²) in [4.78, 5) is 0. The average molecular weight is 328 g/mol. The van der Waals surface area contributed by atoms with Gasteiger partial charge in [-0.1, -0.05) is 6.07 Å². The van der Waals surface area contributed by atoms with Crippen LogP contribution in [0.15, 0.2) is 24.3 Å². The molecule has 0 amide bonds. The summed E-state index contributed by atoms with van der Waals surface area (Å²) in [6.45, 7) is 7.31. The predicted molar refractivity (Wildman–Crippen MR) is 89.5 cm³/mol. The Morgan fingerprint density at radius 3 is 2.41 bits per heavy atom. The monoisotopic (exact) mass is 328 g/mol. The summed E-state index contributed by atoms with van der Waals surface area (Å²) < 4.78 is 23.5. The van der Waals surface area contributed by atoms with Crippen LogP contribution in [0.4, 0.5) is 5.69 Å². The van der Waals surface area contributed by atoms with E-state index >= 15 is 0 Å². The molecule has 0 aliphatic rings. The van der Waals surface area contributed by atoms with Crippen LogP contribution in [0.5, 0.6) is 5.75 Å². The van der Waals surface area contributed by atoms with Crippen molar-refractivity contribution in [1.29, 1.82) is 0 Å². The van der Waals surface area contributed by atoms with Gasteiger partial charge in [0.15, 0.2) is 6.29 Å². The lowest BCUT2D eigenvalue weighted by Crippen LogP contribution is -2.49. The third-order valence-electron chi connectivity index (χ3n) is 2.92. The molecular weight excluding hydrogens is 300 g/mol. The highest BCUT2D eigenvalue weighted by Crippen LogP contribution is 2.22. The number of benzene rings is 1. The van der Waals surface area contributed by atoms with Crippen molar-refractivity contribution in [2.75, 3.05) is 25.5 Å². The Morgan fingerprint density at radius 1 is 1.18 bits per heavy atom. The maximum Gasteiger partial charge on any atom is 0.503 e. The van der Waals surface area contributed by atoms with E-state index in [2.05, 4.69) is 0 Å². The van der Waals surface area contributed by atoms with Crippen molar-refractivity contribution in [3.8, 4) is 5.75 Å². The fourth-order valence-corrected chi connectivity index (χ4v) is 4.82. The summed E-state index contributed by atoms with van der Waals surface area (Å²) in [7, 11) is -2.78. The summed E-state index contributed by atoms with van der Waals surface area (Å²) in [5, 5.41) is 0. The molecule has 0 spiro atoms. The number of rotatable bonds is 11. The molecule has 22 heavy (non-hydrogen) atoms. The maximum absolute atomic E-state index is 6.04. The second-order valence-electron chi connectivity index (χ2n) is 4.82. The molecule has 0 saturated carbocycles. The zero-order chi connectivity index (χ0) is 16.4. The van der Waals surface area contributed by atoms with Gasteiger partial charge < -0.3 is 29.5 Å². The standard InChI is InChI=1S/C15H28N2O4Si/c1-4-18-22(19-5-2,11-7-10-16)21-13(3)20-15-9-6-8-14(17)12-15/h6,8-9,12-13H,4-5,7,10-11,16-17H2,1-3H3. The van der Waals surface area contributed by atoms with Gasteiger partial charge in [-0.2, -0.15) is 0 Å². The van der Waals surface area contributed by atoms with Gasteiger partial charge in [0.25, 0.3) is 0 Å². The molecule has 0 fully saturated rings. The minimum Gasteiger partial charge on any atom is -0.466 e. The minimum absolute atomic E-state index is 0.496. The SMILES string of the molecule is CCO[Si](CCCN)(OCC)OC(C)Oc1cccc(N)c1. The van der Waals surface area contributed by atoms with Gasteiger partial charge in [0.2, 0.25) is 0 Å². The van der Waals surface area contributed by atoms with E-state index in [0.717, 1.165) is 6.42 Å². The van der Waals surface area contributed by atoms with Crippen LogP contribution in [0.3, 0.4) is 0 Å². The van der Waals surface area contributed by atoms with Crippen molar-refractivity contribution in [3.05, 3.63) is 24.3 Å². The van der Waals surface area contributed by atoms with E-state index in [4.69, 9.17) is 29.5 Å². The number of hydrogen-bond acceptors (Lipinski definition) is 6. The molecule has 0 bridgehead atoms. The number of nitrogen functional groups attached to an aromatic ring is 1. The predicted octanol–water partition coefficient (Wildman–Crippen LogP) is 2.37. The summed E-state index contributed by atoms with van der Waals surface area (Å²) in [5.41, 5.74) is 12.0. The Kier molecular flexibility index (Phi) is 8.43. The molecule has 0 saturated heterocycles. The largest absolute Gasteiger partial charge is 0.503 e. The molecule has 0 radical (unpaired) electrons. The molecule has 1 atom stereocenters. The smallest absolute Gasteiger partial charge is 0.466 e. The van der Waals surface area contributed by atoms with Crippen molar-refractivity contribution < 1.29 is 18.0 Å². The molecular formula is C15H28N2O4Si. The normalized spacial score (nSPS) is 13.1. The van der Waals surface area contributed by atoms with E-state index in [1.165, 1.54) is 0 Å². The van der Waals surface area contributed by atoms with Crippen LogP contribution >= 0.6 is 0 Å². The van der Waals surface area contributed by atoms with Crippen LogP contribution in [0.1, 0.15) is 27.2 Å². The minimum atomic E-state index is -2.78. The van der Waals surface area contributed by atoms with E-state index in [-0.39, 0.29) is 0 Å². The van der Waals surface area contributed by atoms with E-state index in [1.54, 1.807) is 12.1 Å². The third kappa shape index (κ3) is 6.33. The molecule has 4 N–H and O–H groups in total. The Morgan fingerprint density at radius 2 is 1.86 bits per heavy atom. The molecule has 7 heteroatoms. The van der Waals surface area contributed by atoms with Gasteiger partial charge in [0.1, 0.15) is 5.75 Å². The van der Waals surface area contributed by atoms with Crippen molar-refractivity contribution in [2.45, 2.75) is 39.5 Å². The van der Waals surface area contributed by atoms with Gasteiger partial charge in [-0.3, -0.25) is 0 Å². The molecule has 1 rings (SSSR count). The molecule has 1 aromatic rings. The lowest BCUT2D eigenvalue weighted by molar-refractivity contribution is -0.0491. The summed E-state index contributed by atoms with van der Waals surface area (Å²) in [6.07, 6.45) is 0.293. The molecule has 6 nitrogen and oxygen atoms in total. The van der Waals surface area contributed by atoms with Crippen molar-refractivity contribution in [2.24, 2.45) is 5.73 Å². The number of hydrogen-bond donors (Lipinski definition) is 2. The highest BCUT2D eigenvalue weighted by molar-refractivity contribution is 6.60. The van der Waals surface area contributed by atoms with E-state index < -0.39 is 15.1 Å². The second kappa shape index (κ2) is 9.81. The molecule has 0 aliphatic carbocycles. The van der Waals surface area contributed by atoms with Gasteiger partial charge in [-0.15, -0.1) is 0 Å². The van der Waals surface area contributed by atoms with Crippen molar-refractivity contribution >= 4 is 14.5 Å². The zero-order valence-electron chi connectivity index (χ0n) is 13.7. The number of anilines is 1. The van der Waals surface area contributed by atoms with Gasteiger partial charge in [-0.05, 0) is 45.9 Å². The van der Waals surface area contributed by atoms with Gasteiger partial charge in [0, 0.05) is 31.0 Å². The molecule has 1 unspecified atom stereocenters. The maximum atomic E-state index is 6.04. The van der Waals surface area contributed by atoms with Crippen LogP contribution in [0.25, 0.3) is 0 Å². The Bertz CT molecular complexity index is 428. The first kappa shape index (κ1) is 18.9. The Labute approximate surface area is 134 Å². The fourth-order valence-electron chi connectivity index (χ4n) is 2.13. The van der Waals surface area contributed by atoms with Gasteiger partial charge in [0.05, 0.1) is 0 Å². The number of nitrogens with two attached hydrogens (primary N) is 2. The molecule has 126 valence electrons.